The SMILES string of the molecule is Cc1[nH]nc2c(B3OC(C)(C)C(C)(C)O3)cccc12. The number of rotatable bonds is 1. The van der Waals surface area contributed by atoms with Crippen LogP contribution in [0, 0.1) is 6.92 Å². The molecule has 1 N–H and O–H groups in total. The van der Waals surface area contributed by atoms with Gasteiger partial charge in [0.2, 0.25) is 0 Å². The monoisotopic (exact) mass is 258 g/mol. The molecule has 2 heterocycles. The Morgan fingerprint density at radius 3 is 2.37 bits per heavy atom. The molecular formula is C14H19BN2O2. The van der Waals surface area contributed by atoms with Crippen LogP contribution in [0.5, 0.6) is 0 Å². The van der Waals surface area contributed by atoms with Crippen LogP contribution >= 0.6 is 0 Å². The number of fused-ring (bicyclic) bond motifs is 1. The molecule has 0 unspecified atom stereocenters. The first-order chi connectivity index (χ1) is 8.82. The number of benzene rings is 1. The lowest BCUT2D eigenvalue weighted by atomic mass is 9.78. The first kappa shape index (κ1) is 12.7. The fourth-order valence-corrected chi connectivity index (χ4v) is 2.35. The molecule has 0 saturated carbocycles. The van der Waals surface area contributed by atoms with Crippen LogP contribution in [0.4, 0.5) is 0 Å². The van der Waals surface area contributed by atoms with Gasteiger partial charge in [-0.25, -0.2) is 0 Å². The molecule has 1 aliphatic rings. The minimum Gasteiger partial charge on any atom is -0.399 e. The topological polar surface area (TPSA) is 47.1 Å². The average Bonchev–Trinajstić information content (AvgIpc) is 2.78. The summed E-state index contributed by atoms with van der Waals surface area (Å²) in [6.07, 6.45) is 0. The van der Waals surface area contributed by atoms with Gasteiger partial charge < -0.3 is 9.31 Å². The highest BCUT2D eigenvalue weighted by atomic mass is 16.7. The first-order valence-electron chi connectivity index (χ1n) is 6.61. The molecule has 0 radical (unpaired) electrons. The largest absolute Gasteiger partial charge is 0.497 e. The maximum atomic E-state index is 6.09. The molecular weight excluding hydrogens is 239 g/mol. The van der Waals surface area contributed by atoms with Crippen molar-refractivity contribution in [2.75, 3.05) is 0 Å². The molecule has 1 aromatic carbocycles. The molecule has 19 heavy (non-hydrogen) atoms. The molecule has 100 valence electrons. The number of para-hydroxylation sites is 1. The molecule has 1 fully saturated rings. The fraction of sp³-hybridized carbons (Fsp3) is 0.500. The van der Waals surface area contributed by atoms with Crippen molar-refractivity contribution in [3.05, 3.63) is 23.9 Å². The predicted octanol–water partition coefficient (Wildman–Crippen LogP) is 2.17. The number of nitrogens with one attached hydrogen (secondary N) is 1. The Morgan fingerprint density at radius 1 is 1.11 bits per heavy atom. The van der Waals surface area contributed by atoms with Gasteiger partial charge in [-0.2, -0.15) is 5.10 Å². The summed E-state index contributed by atoms with van der Waals surface area (Å²) in [5.74, 6) is 0. The molecule has 0 amide bonds. The van der Waals surface area contributed by atoms with Crippen LogP contribution in [0.25, 0.3) is 10.9 Å². The second-order valence-electron chi connectivity index (χ2n) is 6.18. The maximum absolute atomic E-state index is 6.09. The third-order valence-corrected chi connectivity index (χ3v) is 4.31. The van der Waals surface area contributed by atoms with Crippen LogP contribution in [0.3, 0.4) is 0 Å². The number of aromatic nitrogens is 2. The van der Waals surface area contributed by atoms with Crippen molar-refractivity contribution in [1.29, 1.82) is 0 Å². The Labute approximate surface area is 113 Å². The highest BCUT2D eigenvalue weighted by Gasteiger charge is 2.52. The minimum atomic E-state index is -0.364. The second-order valence-corrected chi connectivity index (χ2v) is 6.18. The molecule has 1 aromatic heterocycles. The summed E-state index contributed by atoms with van der Waals surface area (Å²) < 4.78 is 12.2. The predicted molar refractivity (Wildman–Crippen MR) is 76.5 cm³/mol. The van der Waals surface area contributed by atoms with Crippen molar-refractivity contribution in [3.63, 3.8) is 0 Å². The molecule has 0 atom stereocenters. The van der Waals surface area contributed by atoms with Crippen LogP contribution in [0.1, 0.15) is 33.4 Å². The van der Waals surface area contributed by atoms with Gasteiger partial charge in [0.15, 0.2) is 0 Å². The van der Waals surface area contributed by atoms with Gasteiger partial charge in [0.05, 0.1) is 16.7 Å². The zero-order valence-corrected chi connectivity index (χ0v) is 12.1. The van der Waals surface area contributed by atoms with Crippen molar-refractivity contribution in [3.8, 4) is 0 Å². The summed E-state index contributed by atoms with van der Waals surface area (Å²) in [4.78, 5) is 0. The van der Waals surface area contributed by atoms with Gasteiger partial charge in [-0.1, -0.05) is 18.2 Å². The normalized spacial score (nSPS) is 21.2. The molecule has 5 heteroatoms. The van der Waals surface area contributed by atoms with Crippen LogP contribution in [-0.4, -0.2) is 28.5 Å². The van der Waals surface area contributed by atoms with E-state index in [1.54, 1.807) is 0 Å². The Morgan fingerprint density at radius 2 is 1.74 bits per heavy atom. The van der Waals surface area contributed by atoms with Gasteiger partial charge in [0.25, 0.3) is 0 Å². The van der Waals surface area contributed by atoms with Gasteiger partial charge in [-0.3, -0.25) is 5.10 Å². The third kappa shape index (κ3) is 1.80. The smallest absolute Gasteiger partial charge is 0.399 e. The lowest BCUT2D eigenvalue weighted by Gasteiger charge is -2.32. The van der Waals surface area contributed by atoms with Crippen LogP contribution in [0.15, 0.2) is 18.2 Å². The number of aromatic amines is 1. The van der Waals surface area contributed by atoms with Crippen molar-refractivity contribution in [1.82, 2.24) is 10.2 Å². The Bertz CT molecular complexity index is 617. The van der Waals surface area contributed by atoms with E-state index in [0.717, 1.165) is 22.1 Å². The lowest BCUT2D eigenvalue weighted by molar-refractivity contribution is 0.00578. The molecule has 3 rings (SSSR count). The van der Waals surface area contributed by atoms with Gasteiger partial charge in [0, 0.05) is 16.5 Å². The molecule has 4 nitrogen and oxygen atoms in total. The minimum absolute atomic E-state index is 0.328. The molecule has 0 bridgehead atoms. The van der Waals surface area contributed by atoms with Gasteiger partial charge in [0.1, 0.15) is 0 Å². The summed E-state index contributed by atoms with van der Waals surface area (Å²) in [5.41, 5.74) is 2.32. The van der Waals surface area contributed by atoms with E-state index in [4.69, 9.17) is 9.31 Å². The van der Waals surface area contributed by atoms with E-state index in [1.807, 2.05) is 19.1 Å². The van der Waals surface area contributed by atoms with Gasteiger partial charge >= 0.3 is 7.12 Å². The standard InChI is InChI=1S/C14H19BN2O2/c1-9-10-7-6-8-11(12(10)17-16-9)15-18-13(2,3)14(4,5)19-15/h6-8H,1-5H3,(H,16,17). The average molecular weight is 258 g/mol. The maximum Gasteiger partial charge on any atom is 0.497 e. The van der Waals surface area contributed by atoms with Crippen LogP contribution in [0.2, 0.25) is 0 Å². The lowest BCUT2D eigenvalue weighted by Crippen LogP contribution is -2.41. The molecule has 0 spiro atoms. The zero-order valence-electron chi connectivity index (χ0n) is 12.1. The zero-order chi connectivity index (χ0) is 13.8. The summed E-state index contributed by atoms with van der Waals surface area (Å²) in [6.45, 7) is 10.3. The van der Waals surface area contributed by atoms with Crippen molar-refractivity contribution < 1.29 is 9.31 Å². The molecule has 1 aliphatic heterocycles. The number of hydrogen-bond acceptors (Lipinski definition) is 3. The van der Waals surface area contributed by atoms with E-state index in [9.17, 15) is 0 Å². The van der Waals surface area contributed by atoms with E-state index in [2.05, 4.69) is 44.0 Å². The number of H-pyrrole nitrogens is 1. The summed E-state index contributed by atoms with van der Waals surface area (Å²) in [6, 6.07) is 6.10. The van der Waals surface area contributed by atoms with E-state index >= 15 is 0 Å². The van der Waals surface area contributed by atoms with Gasteiger partial charge in [-0.05, 0) is 34.6 Å². The van der Waals surface area contributed by atoms with Crippen LogP contribution in [-0.2, 0) is 9.31 Å². The first-order valence-corrected chi connectivity index (χ1v) is 6.61. The van der Waals surface area contributed by atoms with Crippen molar-refractivity contribution >= 4 is 23.5 Å². The highest BCUT2D eigenvalue weighted by Crippen LogP contribution is 2.36. The van der Waals surface area contributed by atoms with E-state index in [1.165, 1.54) is 0 Å². The molecule has 1 saturated heterocycles. The Hall–Kier alpha value is -1.33. The summed E-state index contributed by atoms with van der Waals surface area (Å²) in [5, 5.41) is 8.51. The number of nitrogens with zero attached hydrogens (tertiary/aromatic N) is 1. The second kappa shape index (κ2) is 3.84. The Kier molecular flexibility index (Phi) is 2.56. The van der Waals surface area contributed by atoms with E-state index in [0.29, 0.717) is 0 Å². The van der Waals surface area contributed by atoms with E-state index in [-0.39, 0.29) is 18.3 Å². The van der Waals surface area contributed by atoms with Crippen LogP contribution < -0.4 is 5.46 Å². The van der Waals surface area contributed by atoms with Gasteiger partial charge in [-0.15, -0.1) is 0 Å². The number of aryl methyl sites for hydroxylation is 1. The van der Waals surface area contributed by atoms with Crippen molar-refractivity contribution in [2.45, 2.75) is 45.8 Å². The fourth-order valence-electron chi connectivity index (χ4n) is 2.35. The summed E-state index contributed by atoms with van der Waals surface area (Å²) in [7, 11) is -0.364. The Balaban J connectivity index is 2.07. The summed E-state index contributed by atoms with van der Waals surface area (Å²) >= 11 is 0. The molecule has 2 aromatic rings. The third-order valence-electron chi connectivity index (χ3n) is 4.31. The van der Waals surface area contributed by atoms with Crippen molar-refractivity contribution in [2.24, 2.45) is 0 Å². The highest BCUT2D eigenvalue weighted by molar-refractivity contribution is 6.65. The number of hydrogen-bond donors (Lipinski definition) is 1. The van der Waals surface area contributed by atoms with E-state index < -0.39 is 0 Å². The quantitative estimate of drug-likeness (QED) is 0.797. The molecule has 0 aliphatic carbocycles.